The average Bonchev–Trinajstić information content (AvgIpc) is 3.35. The molecule has 0 aliphatic heterocycles. The monoisotopic (exact) mass is 398 g/mol. The van der Waals surface area contributed by atoms with E-state index in [0.29, 0.717) is 27.9 Å². The molecule has 0 radical (unpaired) electrons. The van der Waals surface area contributed by atoms with Crippen LogP contribution in [-0.4, -0.2) is 37.1 Å². The number of hydrogen-bond donors (Lipinski definition) is 1. The number of halogens is 1. The number of benzene rings is 2. The maximum Gasteiger partial charge on any atom is 0.365 e. The molecule has 0 amide bonds. The predicted molar refractivity (Wildman–Crippen MR) is 101 cm³/mol. The SMILES string of the molecule is COc1cccc(-n2nn[nH]c2=O)c1COc1ccn(-c2ccc(Cl)cc2)n1. The Morgan fingerprint density at radius 1 is 1.14 bits per heavy atom. The van der Waals surface area contributed by atoms with Crippen molar-refractivity contribution in [1.29, 1.82) is 0 Å². The lowest BCUT2D eigenvalue weighted by Crippen LogP contribution is -2.18. The van der Waals surface area contributed by atoms with Gasteiger partial charge in [-0.3, -0.25) is 0 Å². The molecule has 4 aromatic rings. The van der Waals surface area contributed by atoms with Gasteiger partial charge in [0.1, 0.15) is 12.4 Å². The largest absolute Gasteiger partial charge is 0.496 e. The first kappa shape index (κ1) is 17.8. The van der Waals surface area contributed by atoms with Crippen molar-refractivity contribution in [3.63, 3.8) is 0 Å². The highest BCUT2D eigenvalue weighted by Gasteiger charge is 2.15. The normalized spacial score (nSPS) is 10.8. The third-order valence-corrected chi connectivity index (χ3v) is 4.30. The van der Waals surface area contributed by atoms with Gasteiger partial charge in [-0.2, -0.15) is 4.68 Å². The molecular weight excluding hydrogens is 384 g/mol. The van der Waals surface area contributed by atoms with Crippen molar-refractivity contribution in [2.75, 3.05) is 7.11 Å². The highest BCUT2D eigenvalue weighted by atomic mass is 35.5. The second-order valence-corrected chi connectivity index (χ2v) is 6.18. The topological polar surface area (TPSA) is 99.9 Å². The van der Waals surface area contributed by atoms with Crippen molar-refractivity contribution in [2.45, 2.75) is 6.61 Å². The first-order valence-electron chi connectivity index (χ1n) is 8.27. The van der Waals surface area contributed by atoms with Crippen LogP contribution < -0.4 is 15.2 Å². The minimum absolute atomic E-state index is 0.121. The van der Waals surface area contributed by atoms with Crippen LogP contribution in [0.5, 0.6) is 11.6 Å². The highest BCUT2D eigenvalue weighted by Crippen LogP contribution is 2.26. The number of nitrogens with zero attached hydrogens (tertiary/aromatic N) is 5. The quantitative estimate of drug-likeness (QED) is 0.535. The molecular formula is C18H15ClN6O3. The molecule has 0 atom stereocenters. The van der Waals surface area contributed by atoms with E-state index >= 15 is 0 Å². The number of rotatable bonds is 6. The van der Waals surface area contributed by atoms with E-state index in [1.165, 1.54) is 0 Å². The molecule has 1 N–H and O–H groups in total. The van der Waals surface area contributed by atoms with E-state index in [9.17, 15) is 4.79 Å². The molecule has 10 heteroatoms. The van der Waals surface area contributed by atoms with E-state index in [2.05, 4.69) is 20.6 Å². The molecule has 0 aliphatic rings. The van der Waals surface area contributed by atoms with Gasteiger partial charge in [-0.15, -0.1) is 5.10 Å². The van der Waals surface area contributed by atoms with E-state index in [1.54, 1.807) is 54.4 Å². The zero-order valence-corrected chi connectivity index (χ0v) is 15.5. The van der Waals surface area contributed by atoms with Gasteiger partial charge < -0.3 is 9.47 Å². The minimum atomic E-state index is -0.457. The second kappa shape index (κ2) is 7.57. The maximum atomic E-state index is 11.9. The molecule has 4 rings (SSSR count). The number of nitrogens with one attached hydrogen (secondary N) is 1. The van der Waals surface area contributed by atoms with E-state index in [4.69, 9.17) is 21.1 Å². The van der Waals surface area contributed by atoms with Gasteiger partial charge in [0.2, 0.25) is 5.88 Å². The van der Waals surface area contributed by atoms with Gasteiger partial charge in [0.05, 0.1) is 24.0 Å². The summed E-state index contributed by atoms with van der Waals surface area (Å²) in [5, 5.41) is 14.6. The second-order valence-electron chi connectivity index (χ2n) is 5.74. The van der Waals surface area contributed by atoms with Crippen molar-refractivity contribution < 1.29 is 9.47 Å². The molecule has 2 aromatic heterocycles. The van der Waals surface area contributed by atoms with Gasteiger partial charge >= 0.3 is 5.69 Å². The molecule has 0 saturated carbocycles. The molecule has 0 fully saturated rings. The molecule has 28 heavy (non-hydrogen) atoms. The van der Waals surface area contributed by atoms with Gasteiger partial charge in [-0.05, 0) is 46.8 Å². The predicted octanol–water partition coefficient (Wildman–Crippen LogP) is 2.38. The smallest absolute Gasteiger partial charge is 0.365 e. The molecule has 9 nitrogen and oxygen atoms in total. The fraction of sp³-hybridized carbons (Fsp3) is 0.111. The highest BCUT2D eigenvalue weighted by molar-refractivity contribution is 6.30. The van der Waals surface area contributed by atoms with Gasteiger partial charge in [0, 0.05) is 17.3 Å². The Balaban J connectivity index is 1.60. The zero-order chi connectivity index (χ0) is 19.5. The third kappa shape index (κ3) is 3.47. The van der Waals surface area contributed by atoms with Crippen LogP contribution in [0.25, 0.3) is 11.4 Å². The summed E-state index contributed by atoms with van der Waals surface area (Å²) in [5.74, 6) is 0.976. The molecule has 2 aromatic carbocycles. The molecule has 142 valence electrons. The summed E-state index contributed by atoms with van der Waals surface area (Å²) in [6.07, 6.45) is 1.78. The summed E-state index contributed by atoms with van der Waals surface area (Å²) in [7, 11) is 1.55. The zero-order valence-electron chi connectivity index (χ0n) is 14.7. The Bertz CT molecular complexity index is 1150. The van der Waals surface area contributed by atoms with Crippen molar-refractivity contribution in [1.82, 2.24) is 30.0 Å². The van der Waals surface area contributed by atoms with Gasteiger partial charge in [-0.1, -0.05) is 17.7 Å². The van der Waals surface area contributed by atoms with Gasteiger partial charge in [-0.25, -0.2) is 14.6 Å². The molecule has 0 saturated heterocycles. The average molecular weight is 399 g/mol. The lowest BCUT2D eigenvalue weighted by Gasteiger charge is -2.13. The Labute approximate surface area is 164 Å². The number of tetrazole rings is 1. The van der Waals surface area contributed by atoms with E-state index in [1.807, 2.05) is 12.1 Å². The third-order valence-electron chi connectivity index (χ3n) is 4.05. The van der Waals surface area contributed by atoms with Crippen LogP contribution in [-0.2, 0) is 6.61 Å². The number of aromatic amines is 1. The first-order valence-corrected chi connectivity index (χ1v) is 8.64. The van der Waals surface area contributed by atoms with Crippen molar-refractivity contribution in [2.24, 2.45) is 0 Å². The van der Waals surface area contributed by atoms with Crippen molar-refractivity contribution in [3.05, 3.63) is 75.8 Å². The molecule has 2 heterocycles. The lowest BCUT2D eigenvalue weighted by atomic mass is 10.1. The lowest BCUT2D eigenvalue weighted by molar-refractivity contribution is 0.283. The van der Waals surface area contributed by atoms with E-state index in [0.717, 1.165) is 10.4 Å². The molecule has 0 unspecified atom stereocenters. The van der Waals surface area contributed by atoms with Crippen molar-refractivity contribution in [3.8, 4) is 23.0 Å². The van der Waals surface area contributed by atoms with Crippen molar-refractivity contribution >= 4 is 11.6 Å². The van der Waals surface area contributed by atoms with Crippen LogP contribution in [0.4, 0.5) is 0 Å². The van der Waals surface area contributed by atoms with Crippen LogP contribution in [0.2, 0.25) is 5.02 Å². The standard InChI is InChI=1S/C18H15ClN6O3/c1-27-16-4-2-3-15(25-18(26)20-22-23-25)14(16)11-28-17-9-10-24(21-17)13-7-5-12(19)6-8-13/h2-10H,11H2,1H3,(H,20,23,26). The summed E-state index contributed by atoms with van der Waals surface area (Å²) in [5.41, 5.74) is 1.55. The number of ether oxygens (including phenoxy) is 2. The minimum Gasteiger partial charge on any atom is -0.496 e. The fourth-order valence-corrected chi connectivity index (χ4v) is 2.84. The first-order chi connectivity index (χ1) is 13.7. The summed E-state index contributed by atoms with van der Waals surface area (Å²) in [6, 6.07) is 14.3. The van der Waals surface area contributed by atoms with Gasteiger partial charge in [0.15, 0.2) is 0 Å². The van der Waals surface area contributed by atoms with Crippen LogP contribution in [0.3, 0.4) is 0 Å². The fourth-order valence-electron chi connectivity index (χ4n) is 2.71. The van der Waals surface area contributed by atoms with Crippen LogP contribution >= 0.6 is 11.6 Å². The Hall–Kier alpha value is -3.59. The number of hydrogen-bond acceptors (Lipinski definition) is 6. The Kier molecular flexibility index (Phi) is 4.81. The van der Waals surface area contributed by atoms with E-state index in [-0.39, 0.29) is 6.61 Å². The number of aromatic nitrogens is 6. The van der Waals surface area contributed by atoms with E-state index < -0.39 is 5.69 Å². The maximum absolute atomic E-state index is 11.9. The Morgan fingerprint density at radius 3 is 2.68 bits per heavy atom. The summed E-state index contributed by atoms with van der Waals surface area (Å²) in [6.45, 7) is 0.121. The van der Waals surface area contributed by atoms with Gasteiger partial charge in [0.25, 0.3) is 0 Å². The molecule has 0 spiro atoms. The van der Waals surface area contributed by atoms with Crippen LogP contribution in [0.1, 0.15) is 5.56 Å². The van der Waals surface area contributed by atoms with Crippen LogP contribution in [0.15, 0.2) is 59.5 Å². The summed E-state index contributed by atoms with van der Waals surface area (Å²) < 4.78 is 14.1. The summed E-state index contributed by atoms with van der Waals surface area (Å²) >= 11 is 5.92. The summed E-state index contributed by atoms with van der Waals surface area (Å²) in [4.78, 5) is 11.9. The molecule has 0 bridgehead atoms. The number of methoxy groups -OCH3 is 1. The Morgan fingerprint density at radius 2 is 1.96 bits per heavy atom. The van der Waals surface area contributed by atoms with Crippen LogP contribution in [0, 0.1) is 0 Å². The molecule has 0 aliphatic carbocycles. The number of H-pyrrole nitrogens is 1.